The topological polar surface area (TPSA) is 117 Å². The summed E-state index contributed by atoms with van der Waals surface area (Å²) in [4.78, 5) is 41.4. The van der Waals surface area contributed by atoms with Crippen LogP contribution < -0.4 is 11.0 Å². The van der Waals surface area contributed by atoms with Gasteiger partial charge in [-0.25, -0.2) is 9.59 Å². The lowest BCUT2D eigenvalue weighted by atomic mass is 10.1. The fourth-order valence-electron chi connectivity index (χ4n) is 2.99. The number of imidazole rings is 1. The van der Waals surface area contributed by atoms with Gasteiger partial charge in [0.2, 0.25) is 5.76 Å². The number of amides is 1. The molecular weight excluding hydrogens is 362 g/mol. The zero-order chi connectivity index (χ0) is 19.8. The van der Waals surface area contributed by atoms with E-state index in [9.17, 15) is 14.4 Å². The number of carbonyl (C=O) groups is 2. The van der Waals surface area contributed by atoms with E-state index in [0.717, 1.165) is 5.39 Å². The summed E-state index contributed by atoms with van der Waals surface area (Å²) < 4.78 is 10.8. The van der Waals surface area contributed by atoms with Crippen molar-refractivity contribution >= 4 is 39.6 Å². The highest BCUT2D eigenvalue weighted by Gasteiger charge is 2.24. The zero-order valence-electron chi connectivity index (χ0n) is 15.2. The predicted octanol–water partition coefficient (Wildman–Crippen LogP) is 3.09. The van der Waals surface area contributed by atoms with Crippen molar-refractivity contribution in [2.45, 2.75) is 20.0 Å². The number of ether oxygens (including phenoxy) is 1. The molecule has 1 atom stereocenters. The summed E-state index contributed by atoms with van der Waals surface area (Å²) in [7, 11) is 0. The lowest BCUT2D eigenvalue weighted by molar-refractivity contribution is -0.123. The third-order valence-corrected chi connectivity index (χ3v) is 4.47. The molecule has 1 amide bonds. The Morgan fingerprint density at radius 1 is 1.11 bits per heavy atom. The predicted molar refractivity (Wildman–Crippen MR) is 103 cm³/mol. The van der Waals surface area contributed by atoms with E-state index in [2.05, 4.69) is 15.3 Å². The molecule has 0 aliphatic rings. The van der Waals surface area contributed by atoms with E-state index >= 15 is 0 Å². The van der Waals surface area contributed by atoms with Crippen LogP contribution in [0, 0.1) is 6.92 Å². The van der Waals surface area contributed by atoms with Gasteiger partial charge < -0.3 is 24.4 Å². The molecule has 0 fully saturated rings. The van der Waals surface area contributed by atoms with Gasteiger partial charge in [0.1, 0.15) is 5.58 Å². The van der Waals surface area contributed by atoms with Crippen molar-refractivity contribution in [1.82, 2.24) is 9.97 Å². The van der Waals surface area contributed by atoms with Crippen molar-refractivity contribution in [2.24, 2.45) is 0 Å². The van der Waals surface area contributed by atoms with E-state index in [4.69, 9.17) is 9.15 Å². The first-order valence-electron chi connectivity index (χ1n) is 8.64. The number of rotatable bonds is 4. The molecule has 2 heterocycles. The second-order valence-corrected chi connectivity index (χ2v) is 6.43. The minimum atomic E-state index is -1.04. The highest BCUT2D eigenvalue weighted by Crippen LogP contribution is 2.25. The summed E-state index contributed by atoms with van der Waals surface area (Å²) in [5, 5.41) is 3.48. The molecule has 2 aromatic heterocycles. The molecule has 3 N–H and O–H groups in total. The Balaban J connectivity index is 1.47. The molecule has 0 unspecified atom stereocenters. The van der Waals surface area contributed by atoms with E-state index in [1.807, 2.05) is 18.2 Å². The standard InChI is InChI=1S/C20H17N3O5/c1-10-13-5-3-4-6-16(13)28-17(10)19(25)27-11(2)18(24)21-12-7-8-14-15(9-12)23-20(26)22-14/h3-9,11H,1-2H3,(H,21,24)(H2,22,23,26)/t11-/m0/s1. The number of anilines is 1. The first-order chi connectivity index (χ1) is 13.4. The van der Waals surface area contributed by atoms with E-state index in [0.29, 0.717) is 27.9 Å². The third kappa shape index (κ3) is 3.16. The van der Waals surface area contributed by atoms with Crippen LogP contribution in [0.2, 0.25) is 0 Å². The normalized spacial score (nSPS) is 12.2. The molecule has 8 nitrogen and oxygen atoms in total. The summed E-state index contributed by atoms with van der Waals surface area (Å²) in [6.45, 7) is 3.24. The third-order valence-electron chi connectivity index (χ3n) is 4.47. The summed E-state index contributed by atoms with van der Waals surface area (Å²) in [6, 6.07) is 12.2. The number of hydrogen-bond acceptors (Lipinski definition) is 5. The van der Waals surface area contributed by atoms with Gasteiger partial charge in [0, 0.05) is 16.6 Å². The molecule has 142 valence electrons. The van der Waals surface area contributed by atoms with Crippen LogP contribution in [0.15, 0.2) is 51.7 Å². The van der Waals surface area contributed by atoms with Crippen LogP contribution in [0.4, 0.5) is 5.69 Å². The van der Waals surface area contributed by atoms with Crippen LogP contribution in [0.3, 0.4) is 0 Å². The van der Waals surface area contributed by atoms with Gasteiger partial charge in [0.05, 0.1) is 11.0 Å². The Kier molecular flexibility index (Phi) is 4.23. The van der Waals surface area contributed by atoms with Gasteiger partial charge in [-0.05, 0) is 38.1 Å². The number of aromatic nitrogens is 2. The monoisotopic (exact) mass is 379 g/mol. The summed E-state index contributed by atoms with van der Waals surface area (Å²) in [6.07, 6.45) is -1.04. The number of furan rings is 1. The first-order valence-corrected chi connectivity index (χ1v) is 8.64. The maximum atomic E-state index is 12.4. The van der Waals surface area contributed by atoms with E-state index < -0.39 is 18.0 Å². The van der Waals surface area contributed by atoms with Crippen LogP contribution in [-0.2, 0) is 9.53 Å². The lowest BCUT2D eigenvalue weighted by Gasteiger charge is -2.13. The molecule has 8 heteroatoms. The summed E-state index contributed by atoms with van der Waals surface area (Å²) in [5.74, 6) is -1.13. The second-order valence-electron chi connectivity index (χ2n) is 6.43. The second kappa shape index (κ2) is 6.73. The number of H-pyrrole nitrogens is 2. The Bertz CT molecular complexity index is 1260. The smallest absolute Gasteiger partial charge is 0.375 e. The van der Waals surface area contributed by atoms with Crippen LogP contribution in [0.1, 0.15) is 23.0 Å². The summed E-state index contributed by atoms with van der Waals surface area (Å²) in [5.41, 5.74) is 2.57. The SMILES string of the molecule is Cc1c(C(=O)O[C@@H](C)C(=O)Nc2ccc3[nH]c(=O)[nH]c3c2)oc2ccccc12. The highest BCUT2D eigenvalue weighted by atomic mass is 16.6. The van der Waals surface area contributed by atoms with Crippen molar-refractivity contribution in [3.63, 3.8) is 0 Å². The molecule has 4 rings (SSSR count). The van der Waals surface area contributed by atoms with Crippen molar-refractivity contribution in [3.8, 4) is 0 Å². The fourth-order valence-corrected chi connectivity index (χ4v) is 2.99. The molecule has 0 radical (unpaired) electrons. The molecule has 0 aliphatic heterocycles. The van der Waals surface area contributed by atoms with E-state index in [1.165, 1.54) is 6.92 Å². The Morgan fingerprint density at radius 2 is 1.86 bits per heavy atom. The number of nitrogens with one attached hydrogen (secondary N) is 3. The molecule has 0 aliphatic carbocycles. The number of aryl methyl sites for hydroxylation is 1. The summed E-state index contributed by atoms with van der Waals surface area (Å²) >= 11 is 0. The fraction of sp³-hybridized carbons (Fsp3) is 0.150. The van der Waals surface area contributed by atoms with Gasteiger partial charge in [0.15, 0.2) is 6.10 Å². The molecule has 0 spiro atoms. The largest absolute Gasteiger partial charge is 0.449 e. The Hall–Kier alpha value is -3.81. The van der Waals surface area contributed by atoms with Crippen LogP contribution in [0.5, 0.6) is 0 Å². The van der Waals surface area contributed by atoms with Crippen molar-refractivity contribution in [1.29, 1.82) is 0 Å². The molecule has 0 saturated heterocycles. The highest BCUT2D eigenvalue weighted by molar-refractivity contribution is 6.00. The van der Waals surface area contributed by atoms with E-state index in [-0.39, 0.29) is 11.4 Å². The van der Waals surface area contributed by atoms with Crippen molar-refractivity contribution < 1.29 is 18.7 Å². The average molecular weight is 379 g/mol. The average Bonchev–Trinajstić information content (AvgIpc) is 3.20. The van der Waals surface area contributed by atoms with E-state index in [1.54, 1.807) is 31.2 Å². The number of aromatic amines is 2. The molecule has 0 bridgehead atoms. The van der Waals surface area contributed by atoms with Gasteiger partial charge in [-0.2, -0.15) is 0 Å². The van der Waals surface area contributed by atoms with Gasteiger partial charge in [-0.15, -0.1) is 0 Å². The van der Waals surface area contributed by atoms with Gasteiger partial charge in [0.25, 0.3) is 5.91 Å². The van der Waals surface area contributed by atoms with Gasteiger partial charge in [-0.1, -0.05) is 18.2 Å². The minimum absolute atomic E-state index is 0.0761. The quantitative estimate of drug-likeness (QED) is 0.471. The maximum Gasteiger partial charge on any atom is 0.375 e. The van der Waals surface area contributed by atoms with Crippen LogP contribution >= 0.6 is 0 Å². The van der Waals surface area contributed by atoms with Crippen molar-refractivity contribution in [3.05, 3.63) is 64.3 Å². The number of hydrogen-bond donors (Lipinski definition) is 3. The van der Waals surface area contributed by atoms with Crippen LogP contribution in [-0.4, -0.2) is 27.9 Å². The number of esters is 1. The zero-order valence-corrected chi connectivity index (χ0v) is 15.2. The maximum absolute atomic E-state index is 12.4. The molecule has 2 aromatic carbocycles. The number of benzene rings is 2. The molecule has 0 saturated carbocycles. The molecular formula is C20H17N3O5. The number of fused-ring (bicyclic) bond motifs is 2. The number of para-hydroxylation sites is 1. The van der Waals surface area contributed by atoms with Crippen LogP contribution in [0.25, 0.3) is 22.0 Å². The van der Waals surface area contributed by atoms with Gasteiger partial charge in [-0.3, -0.25) is 4.79 Å². The Morgan fingerprint density at radius 3 is 2.64 bits per heavy atom. The van der Waals surface area contributed by atoms with Gasteiger partial charge >= 0.3 is 11.7 Å². The first kappa shape index (κ1) is 17.6. The number of carbonyl (C=O) groups excluding carboxylic acids is 2. The molecule has 4 aromatic rings. The minimum Gasteiger partial charge on any atom is -0.449 e. The molecule has 28 heavy (non-hydrogen) atoms. The lowest BCUT2D eigenvalue weighted by Crippen LogP contribution is -2.30. The van der Waals surface area contributed by atoms with Crippen molar-refractivity contribution in [2.75, 3.05) is 5.32 Å². The Labute approximate surface area is 158 Å².